The summed E-state index contributed by atoms with van der Waals surface area (Å²) in [6, 6.07) is 0. The van der Waals surface area contributed by atoms with Gasteiger partial charge in [0.1, 0.15) is 0 Å². The van der Waals surface area contributed by atoms with Crippen molar-refractivity contribution in [2.75, 3.05) is 0 Å². The van der Waals surface area contributed by atoms with E-state index >= 15 is 0 Å². The zero-order valence-corrected chi connectivity index (χ0v) is 18.1. The maximum Gasteiger partial charge on any atom is 0.347 e. The van der Waals surface area contributed by atoms with Crippen LogP contribution in [0.1, 0.15) is 79.1 Å². The molecule has 0 saturated heterocycles. The highest BCUT2D eigenvalue weighted by atomic mass is 79.9. The van der Waals surface area contributed by atoms with Gasteiger partial charge in [-0.05, 0) is 80.0 Å². The molecule has 0 radical (unpaired) electrons. The summed E-state index contributed by atoms with van der Waals surface area (Å²) in [5.41, 5.74) is 0.523. The molecule has 1 unspecified atom stereocenters. The highest BCUT2D eigenvalue weighted by molar-refractivity contribution is 9.11. The molecule has 0 aliphatic heterocycles. The Bertz CT molecular complexity index is 572. The normalized spacial score (nSPS) is 33.3. The number of hydrogen-bond acceptors (Lipinski definition) is 3. The lowest BCUT2D eigenvalue weighted by Gasteiger charge is -2.44. The Balaban J connectivity index is 1.97. The molecule has 2 fully saturated rings. The molecule has 0 bridgehead atoms. The van der Waals surface area contributed by atoms with Crippen LogP contribution >= 0.6 is 15.9 Å². The van der Waals surface area contributed by atoms with E-state index in [2.05, 4.69) is 34.8 Å². The van der Waals surface area contributed by atoms with Gasteiger partial charge in [0.05, 0.1) is 0 Å². The van der Waals surface area contributed by atoms with Crippen LogP contribution in [0.4, 0.5) is 0 Å². The number of carboxylic acid groups (broad SMARTS) is 1. The quantitative estimate of drug-likeness (QED) is 0.528. The molecule has 148 valence electrons. The van der Waals surface area contributed by atoms with Crippen molar-refractivity contribution in [2.24, 2.45) is 23.2 Å². The monoisotopic (exact) mass is 428 g/mol. The zero-order valence-electron chi connectivity index (χ0n) is 16.5. The van der Waals surface area contributed by atoms with Crippen LogP contribution in [-0.4, -0.2) is 22.6 Å². The largest absolute Gasteiger partial charge is 0.478 e. The van der Waals surface area contributed by atoms with Crippen molar-refractivity contribution in [3.63, 3.8) is 0 Å². The number of halogens is 1. The van der Waals surface area contributed by atoms with Gasteiger partial charge in [-0.1, -0.05) is 41.8 Å². The molecule has 5 atom stereocenters. The van der Waals surface area contributed by atoms with Gasteiger partial charge in [0.2, 0.25) is 5.60 Å². The van der Waals surface area contributed by atoms with Crippen molar-refractivity contribution in [1.29, 1.82) is 0 Å². The van der Waals surface area contributed by atoms with Gasteiger partial charge in [-0.25, -0.2) is 4.79 Å². The smallest absolute Gasteiger partial charge is 0.347 e. The maximum atomic E-state index is 11.5. The molecule has 0 aromatic rings. The molecular weight excluding hydrogens is 396 g/mol. The van der Waals surface area contributed by atoms with E-state index < -0.39 is 17.5 Å². The summed E-state index contributed by atoms with van der Waals surface area (Å²) < 4.78 is 5.09. The first-order valence-electron chi connectivity index (χ1n) is 9.86. The number of allylic oxidation sites excluding steroid dienone is 1. The van der Waals surface area contributed by atoms with Crippen molar-refractivity contribution < 1.29 is 19.4 Å². The second kappa shape index (κ2) is 8.45. The second-order valence-electron chi connectivity index (χ2n) is 8.78. The molecule has 26 heavy (non-hydrogen) atoms. The molecule has 0 heterocycles. The average molecular weight is 429 g/mol. The molecule has 2 rings (SSSR count). The Kier molecular flexibility index (Phi) is 6.98. The predicted molar refractivity (Wildman–Crippen MR) is 106 cm³/mol. The van der Waals surface area contributed by atoms with Crippen LogP contribution in [0.15, 0.2) is 10.6 Å². The SMILES string of the molecule is CC(=O)O[C@](C)(CCC[C@@H](C)[C@H]1CCC2C(=CBr)CCC[C@@]21C)C(=O)O. The number of esters is 1. The topological polar surface area (TPSA) is 63.6 Å². The van der Waals surface area contributed by atoms with Gasteiger partial charge < -0.3 is 9.84 Å². The van der Waals surface area contributed by atoms with Gasteiger partial charge in [-0.2, -0.15) is 0 Å². The third-order valence-corrected chi connectivity index (χ3v) is 7.59. The van der Waals surface area contributed by atoms with Crippen LogP contribution in [-0.2, 0) is 14.3 Å². The van der Waals surface area contributed by atoms with Crippen LogP contribution in [0.3, 0.4) is 0 Å². The number of fused-ring (bicyclic) bond motifs is 1. The molecule has 2 aliphatic rings. The molecule has 1 N–H and O–H groups in total. The first-order chi connectivity index (χ1) is 12.1. The summed E-state index contributed by atoms with van der Waals surface area (Å²) >= 11 is 3.57. The third kappa shape index (κ3) is 4.35. The van der Waals surface area contributed by atoms with E-state index in [9.17, 15) is 14.7 Å². The summed E-state index contributed by atoms with van der Waals surface area (Å²) in [6.07, 6.45) is 8.39. The molecule has 0 spiro atoms. The molecular formula is C21H33BrO4. The lowest BCUT2D eigenvalue weighted by Crippen LogP contribution is -2.40. The highest BCUT2D eigenvalue weighted by Gasteiger charge is 2.50. The van der Waals surface area contributed by atoms with Crippen molar-refractivity contribution >= 4 is 27.9 Å². The number of rotatable bonds is 7. The van der Waals surface area contributed by atoms with E-state index in [0.29, 0.717) is 29.6 Å². The highest BCUT2D eigenvalue weighted by Crippen LogP contribution is 2.60. The van der Waals surface area contributed by atoms with Crippen LogP contribution in [0.25, 0.3) is 0 Å². The van der Waals surface area contributed by atoms with Crippen molar-refractivity contribution in [3.05, 3.63) is 10.6 Å². The van der Waals surface area contributed by atoms with Gasteiger partial charge >= 0.3 is 11.9 Å². The Labute approximate surface area is 165 Å². The minimum atomic E-state index is -1.41. The van der Waals surface area contributed by atoms with E-state index in [4.69, 9.17) is 4.74 Å². The van der Waals surface area contributed by atoms with Gasteiger partial charge in [0.15, 0.2) is 0 Å². The molecule has 0 aromatic carbocycles. The first kappa shape index (κ1) is 21.5. The predicted octanol–water partition coefficient (Wildman–Crippen LogP) is 5.69. The maximum absolute atomic E-state index is 11.5. The fourth-order valence-electron chi connectivity index (χ4n) is 5.63. The van der Waals surface area contributed by atoms with Crippen LogP contribution < -0.4 is 0 Å². The van der Waals surface area contributed by atoms with E-state index in [0.717, 1.165) is 12.8 Å². The lowest BCUT2D eigenvalue weighted by molar-refractivity contribution is -0.176. The van der Waals surface area contributed by atoms with Gasteiger partial charge in [0.25, 0.3) is 0 Å². The molecule has 5 heteroatoms. The Morgan fingerprint density at radius 3 is 2.73 bits per heavy atom. The standard InChI is InChI=1S/C21H33BrO4/c1-14(7-5-12-21(4,19(24)25)26-15(2)23)17-9-10-18-16(13-22)8-6-11-20(17,18)3/h13-14,17-18H,5-12H2,1-4H3,(H,24,25)/t14-,17-,18?,20-,21-/m1/s1. The van der Waals surface area contributed by atoms with Crippen molar-refractivity contribution in [3.8, 4) is 0 Å². The summed E-state index contributed by atoms with van der Waals surface area (Å²) in [5.74, 6) is 0.321. The van der Waals surface area contributed by atoms with Crippen LogP contribution in [0, 0.1) is 23.2 Å². The number of carbonyl (C=O) groups excluding carboxylic acids is 1. The summed E-state index contributed by atoms with van der Waals surface area (Å²) in [6.45, 7) is 7.54. The molecule has 2 saturated carbocycles. The fourth-order valence-corrected chi connectivity index (χ4v) is 6.17. The number of hydrogen-bond donors (Lipinski definition) is 1. The molecule has 2 aliphatic carbocycles. The van der Waals surface area contributed by atoms with Crippen molar-refractivity contribution in [1.82, 2.24) is 0 Å². The third-order valence-electron chi connectivity index (χ3n) is 7.00. The van der Waals surface area contributed by atoms with E-state index in [1.165, 1.54) is 46.0 Å². The number of carboxylic acids is 1. The number of ether oxygens (including phenoxy) is 1. The van der Waals surface area contributed by atoms with E-state index in [1.54, 1.807) is 5.57 Å². The average Bonchev–Trinajstić information content (AvgIpc) is 2.90. The zero-order chi connectivity index (χ0) is 19.5. The van der Waals surface area contributed by atoms with Gasteiger partial charge in [-0.3, -0.25) is 4.79 Å². The minimum Gasteiger partial charge on any atom is -0.478 e. The minimum absolute atomic E-state index is 0.364. The van der Waals surface area contributed by atoms with Gasteiger partial charge in [0, 0.05) is 6.92 Å². The van der Waals surface area contributed by atoms with E-state index in [-0.39, 0.29) is 0 Å². The van der Waals surface area contributed by atoms with Crippen LogP contribution in [0.2, 0.25) is 0 Å². The Hall–Kier alpha value is -0.840. The summed E-state index contributed by atoms with van der Waals surface area (Å²) in [5, 5.41) is 9.42. The lowest BCUT2D eigenvalue weighted by atomic mass is 9.61. The molecule has 0 amide bonds. The second-order valence-corrected chi connectivity index (χ2v) is 9.24. The van der Waals surface area contributed by atoms with Gasteiger partial charge in [-0.15, -0.1) is 0 Å². The Morgan fingerprint density at radius 1 is 1.46 bits per heavy atom. The van der Waals surface area contributed by atoms with Crippen molar-refractivity contribution in [2.45, 2.75) is 84.7 Å². The fraction of sp³-hybridized carbons (Fsp3) is 0.810. The molecule has 0 aromatic heterocycles. The first-order valence-corrected chi connectivity index (χ1v) is 10.8. The van der Waals surface area contributed by atoms with Crippen LogP contribution in [0.5, 0.6) is 0 Å². The number of aliphatic carboxylic acids is 1. The Morgan fingerprint density at radius 2 is 2.15 bits per heavy atom. The summed E-state index contributed by atoms with van der Waals surface area (Å²) in [7, 11) is 0. The van der Waals surface area contributed by atoms with E-state index in [1.807, 2.05) is 0 Å². The summed E-state index contributed by atoms with van der Waals surface area (Å²) in [4.78, 5) is 24.9. The number of carbonyl (C=O) groups is 2. The molecule has 4 nitrogen and oxygen atoms in total.